The van der Waals surface area contributed by atoms with Crippen molar-refractivity contribution in [1.29, 1.82) is 0 Å². The summed E-state index contributed by atoms with van der Waals surface area (Å²) >= 11 is 13.3. The van der Waals surface area contributed by atoms with Crippen LogP contribution in [0.4, 0.5) is 0 Å². The number of benzene rings is 1. The molecule has 0 bridgehead atoms. The minimum atomic E-state index is -0.842. The molecule has 2 aliphatic heterocycles. The molecule has 33 heavy (non-hydrogen) atoms. The van der Waals surface area contributed by atoms with Gasteiger partial charge in [-0.3, -0.25) is 0 Å². The molecule has 0 radical (unpaired) electrons. The Morgan fingerprint density at radius 3 is 2.58 bits per heavy atom. The quantitative estimate of drug-likeness (QED) is 0.596. The first-order valence-electron chi connectivity index (χ1n) is 11.7. The first-order chi connectivity index (χ1) is 15.7. The van der Waals surface area contributed by atoms with Crippen molar-refractivity contribution in [2.24, 2.45) is 16.1 Å². The minimum Gasteiger partial charge on any atom is -0.369 e. The number of amidine groups is 1. The van der Waals surface area contributed by atoms with Crippen molar-refractivity contribution < 1.29 is 5.11 Å². The summed E-state index contributed by atoms with van der Waals surface area (Å²) in [5.41, 5.74) is 11.1. The molecule has 1 aromatic carbocycles. The summed E-state index contributed by atoms with van der Waals surface area (Å²) in [6.45, 7) is 7.50. The number of allylic oxidation sites excluding steroid dienone is 4. The number of nitrogens with zero attached hydrogens (tertiary/aromatic N) is 3. The summed E-state index contributed by atoms with van der Waals surface area (Å²) in [6, 6.07) is 8.67. The van der Waals surface area contributed by atoms with Crippen LogP contribution in [0.25, 0.3) is 0 Å². The van der Waals surface area contributed by atoms with Crippen LogP contribution in [-0.2, 0) is 6.42 Å². The molecule has 1 fully saturated rings. The third kappa shape index (κ3) is 3.56. The van der Waals surface area contributed by atoms with E-state index in [0.29, 0.717) is 5.84 Å². The van der Waals surface area contributed by atoms with Crippen LogP contribution >= 0.6 is 23.2 Å². The molecule has 0 amide bonds. The minimum absolute atomic E-state index is 0.0831. The molecule has 176 valence electrons. The lowest BCUT2D eigenvalue weighted by Crippen LogP contribution is -2.51. The molecule has 1 spiro atoms. The Balaban J connectivity index is 1.36. The highest BCUT2D eigenvalue weighted by Gasteiger charge is 2.47. The maximum Gasteiger partial charge on any atom is 0.157 e. The number of hydrogen-bond donors (Lipinski definition) is 2. The summed E-state index contributed by atoms with van der Waals surface area (Å²) < 4.78 is 0. The van der Waals surface area contributed by atoms with Crippen LogP contribution in [-0.4, -0.2) is 50.3 Å². The number of aliphatic hydroxyl groups excluding tert-OH is 1. The van der Waals surface area contributed by atoms with Crippen LogP contribution in [0.15, 0.2) is 64.6 Å². The largest absolute Gasteiger partial charge is 0.369 e. The smallest absolute Gasteiger partial charge is 0.157 e. The summed E-state index contributed by atoms with van der Waals surface area (Å²) in [4.78, 5) is 8.22. The average Bonchev–Trinajstić information content (AvgIpc) is 3.06. The van der Waals surface area contributed by atoms with Gasteiger partial charge in [0, 0.05) is 30.4 Å². The van der Waals surface area contributed by atoms with Crippen LogP contribution in [0.3, 0.4) is 0 Å². The summed E-state index contributed by atoms with van der Waals surface area (Å²) in [6.07, 6.45) is 7.89. The Hall–Kier alpha value is -1.79. The molecule has 7 heteroatoms. The number of rotatable bonds is 2. The number of halogens is 2. The van der Waals surface area contributed by atoms with Crippen LogP contribution in [0.5, 0.6) is 0 Å². The zero-order valence-electron chi connectivity index (χ0n) is 19.4. The van der Waals surface area contributed by atoms with Gasteiger partial charge in [0.25, 0.3) is 0 Å². The summed E-state index contributed by atoms with van der Waals surface area (Å²) in [7, 11) is 0. The van der Waals surface area contributed by atoms with Crippen molar-refractivity contribution in [2.75, 3.05) is 13.1 Å². The number of alkyl halides is 2. The number of aliphatic imine (C=N–C) groups is 1. The van der Waals surface area contributed by atoms with Gasteiger partial charge in [0.15, 0.2) is 6.23 Å². The fraction of sp³-hybridized carbons (Fsp3) is 0.500. The molecule has 2 heterocycles. The van der Waals surface area contributed by atoms with E-state index in [1.54, 1.807) is 4.90 Å². The van der Waals surface area contributed by atoms with Crippen molar-refractivity contribution >= 4 is 29.0 Å². The predicted molar refractivity (Wildman–Crippen MR) is 135 cm³/mol. The molecule has 5 rings (SSSR count). The molecule has 3 unspecified atom stereocenters. The molecule has 1 saturated heterocycles. The highest BCUT2D eigenvalue weighted by Crippen LogP contribution is 2.51. The second kappa shape index (κ2) is 8.16. The third-order valence-corrected chi connectivity index (χ3v) is 9.19. The number of nitrogens with two attached hydrogens (primary N) is 1. The van der Waals surface area contributed by atoms with Crippen molar-refractivity contribution in [3.8, 4) is 0 Å². The van der Waals surface area contributed by atoms with Crippen molar-refractivity contribution in [2.45, 2.75) is 62.6 Å². The Labute approximate surface area is 206 Å². The molecule has 0 saturated carbocycles. The first kappa shape index (κ1) is 23.0. The highest BCUT2D eigenvalue weighted by molar-refractivity contribution is 6.35. The van der Waals surface area contributed by atoms with Gasteiger partial charge in [0.1, 0.15) is 16.5 Å². The Morgan fingerprint density at radius 2 is 1.88 bits per heavy atom. The monoisotopic (exact) mass is 486 g/mol. The van der Waals surface area contributed by atoms with Gasteiger partial charge in [-0.1, -0.05) is 36.4 Å². The molecule has 0 aromatic heterocycles. The topological polar surface area (TPSA) is 65.1 Å². The van der Waals surface area contributed by atoms with E-state index in [1.165, 1.54) is 11.1 Å². The fourth-order valence-corrected chi connectivity index (χ4v) is 6.34. The van der Waals surface area contributed by atoms with E-state index >= 15 is 0 Å². The molecule has 5 nitrogen and oxygen atoms in total. The third-order valence-electron chi connectivity index (χ3n) is 8.06. The SMILES string of the molecule is CC1=NC(N2CCC3(CC2)Cc2ccccc2[C@@H]3N)=C(C)C(O)N1C1=CC=CC(Cl)C1(C)Cl. The van der Waals surface area contributed by atoms with Gasteiger partial charge in [-0.25, -0.2) is 4.99 Å². The standard InChI is InChI=1S/C26H32Cl2N4O/c1-16-23(30-17(2)32(24(16)33)21-10-6-9-20(27)25(21,3)28)31-13-11-26(12-14-31)15-18-7-4-5-8-19(18)22(26)29/h4-10,20,22,24,33H,11-15,29H2,1-3H3/t20?,22-,24?,25?/m0/s1. The molecule has 2 aliphatic carbocycles. The van der Waals surface area contributed by atoms with Gasteiger partial charge < -0.3 is 20.6 Å². The van der Waals surface area contributed by atoms with Gasteiger partial charge in [-0.05, 0) is 62.7 Å². The zero-order valence-corrected chi connectivity index (χ0v) is 20.9. The first-order valence-corrected chi connectivity index (χ1v) is 12.5. The van der Waals surface area contributed by atoms with Gasteiger partial charge in [0.05, 0.1) is 5.38 Å². The van der Waals surface area contributed by atoms with Gasteiger partial charge in [0.2, 0.25) is 0 Å². The summed E-state index contributed by atoms with van der Waals surface area (Å²) in [5.74, 6) is 1.58. The number of fused-ring (bicyclic) bond motifs is 1. The Bertz CT molecular complexity index is 1080. The van der Waals surface area contributed by atoms with E-state index in [2.05, 4.69) is 29.2 Å². The van der Waals surface area contributed by atoms with E-state index in [9.17, 15) is 5.11 Å². The summed E-state index contributed by atoms with van der Waals surface area (Å²) in [5, 5.41) is 10.9. The van der Waals surface area contributed by atoms with Crippen molar-refractivity contribution in [3.05, 3.63) is 70.7 Å². The maximum absolute atomic E-state index is 11.3. The average molecular weight is 487 g/mol. The molecular formula is C26H32Cl2N4O. The van der Waals surface area contributed by atoms with Gasteiger partial charge in [-0.15, -0.1) is 23.2 Å². The van der Waals surface area contributed by atoms with Gasteiger partial charge in [-0.2, -0.15) is 0 Å². The highest BCUT2D eigenvalue weighted by atomic mass is 35.5. The van der Waals surface area contributed by atoms with E-state index < -0.39 is 11.1 Å². The van der Waals surface area contributed by atoms with Crippen molar-refractivity contribution in [3.63, 3.8) is 0 Å². The van der Waals surface area contributed by atoms with Crippen molar-refractivity contribution in [1.82, 2.24) is 9.80 Å². The second-order valence-electron chi connectivity index (χ2n) is 10.0. The number of likely N-dealkylation sites (tertiary alicyclic amines) is 1. The Kier molecular flexibility index (Phi) is 5.68. The van der Waals surface area contributed by atoms with Crippen LogP contribution in [0.2, 0.25) is 0 Å². The van der Waals surface area contributed by atoms with E-state index in [1.807, 2.05) is 39.0 Å². The normalized spacial score (nSPS) is 33.4. The second-order valence-corrected chi connectivity index (χ2v) is 11.3. The lowest BCUT2D eigenvalue weighted by Gasteiger charge is -2.46. The molecule has 1 aromatic rings. The molecule has 4 atom stereocenters. The van der Waals surface area contributed by atoms with E-state index in [0.717, 1.165) is 49.4 Å². The van der Waals surface area contributed by atoms with Gasteiger partial charge >= 0.3 is 0 Å². The van der Waals surface area contributed by atoms with Crippen LogP contribution < -0.4 is 5.73 Å². The number of aliphatic hydroxyl groups is 1. The predicted octanol–water partition coefficient (Wildman–Crippen LogP) is 4.67. The molecule has 3 N–H and O–H groups in total. The fourth-order valence-electron chi connectivity index (χ4n) is 5.92. The van der Waals surface area contributed by atoms with Crippen LogP contribution in [0, 0.1) is 5.41 Å². The van der Waals surface area contributed by atoms with E-state index in [-0.39, 0.29) is 16.8 Å². The maximum atomic E-state index is 11.3. The van der Waals surface area contributed by atoms with Crippen LogP contribution in [0.1, 0.15) is 50.8 Å². The van der Waals surface area contributed by atoms with E-state index in [4.69, 9.17) is 33.9 Å². The number of hydrogen-bond acceptors (Lipinski definition) is 5. The molecule has 4 aliphatic rings. The lowest BCUT2D eigenvalue weighted by atomic mass is 9.73. The molecular weight excluding hydrogens is 455 g/mol. The Morgan fingerprint density at radius 1 is 1.18 bits per heavy atom. The zero-order chi connectivity index (χ0) is 23.5. The lowest BCUT2D eigenvalue weighted by molar-refractivity contribution is 0.0809. The number of piperidine rings is 1.